The Labute approximate surface area is 137 Å². The summed E-state index contributed by atoms with van der Waals surface area (Å²) in [6.07, 6.45) is 0. The molecular formula is C16H12ClN3O3. The van der Waals surface area contributed by atoms with Gasteiger partial charge in [0.25, 0.3) is 5.69 Å². The minimum absolute atomic E-state index is 0.0708. The van der Waals surface area contributed by atoms with E-state index in [2.05, 4.69) is 0 Å². The summed E-state index contributed by atoms with van der Waals surface area (Å²) in [5.74, 6) is -0.386. The Balaban J connectivity index is 2.54. The number of carbonyl (C=O) groups excluding carboxylic acids is 1. The lowest BCUT2D eigenvalue weighted by atomic mass is 10.1. The maximum absolute atomic E-state index is 12.0. The first-order chi connectivity index (χ1) is 10.9. The molecule has 2 aromatic carbocycles. The lowest BCUT2D eigenvalue weighted by Gasteiger charge is -2.22. The van der Waals surface area contributed by atoms with Gasteiger partial charge in [0.2, 0.25) is 5.91 Å². The third-order valence-corrected chi connectivity index (χ3v) is 3.63. The Kier molecular flexibility index (Phi) is 4.94. The molecule has 0 saturated carbocycles. The van der Waals surface area contributed by atoms with E-state index in [-0.39, 0.29) is 29.4 Å². The van der Waals surface area contributed by atoms with Crippen LogP contribution in [0.25, 0.3) is 0 Å². The molecule has 0 aliphatic carbocycles. The van der Waals surface area contributed by atoms with Crippen molar-refractivity contribution in [2.45, 2.75) is 13.5 Å². The molecule has 23 heavy (non-hydrogen) atoms. The Morgan fingerprint density at radius 1 is 1.35 bits per heavy atom. The van der Waals surface area contributed by atoms with Gasteiger partial charge in [0.15, 0.2) is 0 Å². The number of anilines is 1. The van der Waals surface area contributed by atoms with E-state index < -0.39 is 4.92 Å². The van der Waals surface area contributed by atoms with Gasteiger partial charge >= 0.3 is 0 Å². The normalized spacial score (nSPS) is 9.96. The van der Waals surface area contributed by atoms with Crippen LogP contribution in [0.15, 0.2) is 42.5 Å². The maximum atomic E-state index is 12.0. The van der Waals surface area contributed by atoms with E-state index in [1.54, 1.807) is 24.3 Å². The number of hydrogen-bond acceptors (Lipinski definition) is 4. The zero-order chi connectivity index (χ0) is 17.0. The van der Waals surface area contributed by atoms with Crippen molar-refractivity contribution in [1.82, 2.24) is 0 Å². The molecule has 0 bridgehead atoms. The number of nitro benzene ring substituents is 1. The highest BCUT2D eigenvalue weighted by Crippen LogP contribution is 2.31. The Morgan fingerprint density at radius 3 is 2.61 bits per heavy atom. The number of nitrogens with zero attached hydrogens (tertiary/aromatic N) is 3. The fourth-order valence-corrected chi connectivity index (χ4v) is 2.32. The summed E-state index contributed by atoms with van der Waals surface area (Å²) in [6, 6.07) is 12.7. The topological polar surface area (TPSA) is 87.2 Å². The van der Waals surface area contributed by atoms with E-state index in [4.69, 9.17) is 16.9 Å². The van der Waals surface area contributed by atoms with Gasteiger partial charge in [0.05, 0.1) is 23.1 Å². The molecule has 2 aromatic rings. The van der Waals surface area contributed by atoms with E-state index in [0.717, 1.165) is 0 Å². The third-order valence-electron chi connectivity index (χ3n) is 3.26. The highest BCUT2D eigenvalue weighted by Gasteiger charge is 2.23. The molecule has 0 spiro atoms. The first-order valence-corrected chi connectivity index (χ1v) is 7.02. The maximum Gasteiger partial charge on any atom is 0.293 e. The molecule has 0 aromatic heterocycles. The summed E-state index contributed by atoms with van der Waals surface area (Å²) < 4.78 is 0. The van der Waals surface area contributed by atoms with Crippen LogP contribution in [0.2, 0.25) is 5.02 Å². The molecule has 0 unspecified atom stereocenters. The molecule has 116 valence electrons. The summed E-state index contributed by atoms with van der Waals surface area (Å²) in [4.78, 5) is 23.9. The summed E-state index contributed by atoms with van der Waals surface area (Å²) in [7, 11) is 0. The van der Waals surface area contributed by atoms with Crippen molar-refractivity contribution in [2.24, 2.45) is 0 Å². The number of carbonyl (C=O) groups is 1. The van der Waals surface area contributed by atoms with Gasteiger partial charge in [-0.25, -0.2) is 0 Å². The molecule has 7 heteroatoms. The lowest BCUT2D eigenvalue weighted by molar-refractivity contribution is -0.384. The van der Waals surface area contributed by atoms with Gasteiger partial charge < -0.3 is 4.90 Å². The molecule has 0 heterocycles. The van der Waals surface area contributed by atoms with Crippen molar-refractivity contribution in [2.75, 3.05) is 4.90 Å². The van der Waals surface area contributed by atoms with Gasteiger partial charge in [0, 0.05) is 18.0 Å². The van der Waals surface area contributed by atoms with Gasteiger partial charge in [-0.1, -0.05) is 29.8 Å². The molecule has 0 saturated heterocycles. The number of rotatable bonds is 4. The van der Waals surface area contributed by atoms with E-state index in [1.807, 2.05) is 6.07 Å². The molecule has 0 aliphatic rings. The van der Waals surface area contributed by atoms with Crippen LogP contribution >= 0.6 is 11.6 Å². The largest absolute Gasteiger partial charge is 0.302 e. The van der Waals surface area contributed by atoms with Crippen LogP contribution in [0, 0.1) is 21.4 Å². The molecule has 6 nitrogen and oxygen atoms in total. The number of nitro groups is 1. The summed E-state index contributed by atoms with van der Waals surface area (Å²) >= 11 is 6.10. The Morgan fingerprint density at radius 2 is 2.04 bits per heavy atom. The predicted octanol–water partition coefficient (Wildman–Crippen LogP) is 3.67. The molecule has 0 aliphatic heterocycles. The smallest absolute Gasteiger partial charge is 0.293 e. The average molecular weight is 330 g/mol. The van der Waals surface area contributed by atoms with Crippen LogP contribution in [-0.4, -0.2) is 10.8 Å². The number of amides is 1. The minimum atomic E-state index is -0.584. The van der Waals surface area contributed by atoms with Crippen LogP contribution in [-0.2, 0) is 11.3 Å². The molecule has 0 N–H and O–H groups in total. The zero-order valence-corrected chi connectivity index (χ0v) is 12.9. The fourth-order valence-electron chi connectivity index (χ4n) is 2.13. The van der Waals surface area contributed by atoms with Gasteiger partial charge in [-0.15, -0.1) is 0 Å². The molecule has 0 atom stereocenters. The van der Waals surface area contributed by atoms with Crippen molar-refractivity contribution in [1.29, 1.82) is 5.26 Å². The number of halogens is 1. The second-order valence-corrected chi connectivity index (χ2v) is 5.18. The van der Waals surface area contributed by atoms with Crippen LogP contribution in [0.4, 0.5) is 11.4 Å². The average Bonchev–Trinajstić information content (AvgIpc) is 2.53. The number of benzene rings is 2. The van der Waals surface area contributed by atoms with Crippen LogP contribution in [0.3, 0.4) is 0 Å². The van der Waals surface area contributed by atoms with Crippen molar-refractivity contribution < 1.29 is 9.72 Å². The molecular weight excluding hydrogens is 318 g/mol. The molecule has 0 radical (unpaired) electrons. The van der Waals surface area contributed by atoms with Crippen molar-refractivity contribution in [3.8, 4) is 6.07 Å². The van der Waals surface area contributed by atoms with Crippen LogP contribution < -0.4 is 4.90 Å². The Bertz CT molecular complexity index is 814. The summed E-state index contributed by atoms with van der Waals surface area (Å²) in [5.41, 5.74) is 0.713. The van der Waals surface area contributed by atoms with E-state index in [0.29, 0.717) is 10.6 Å². The van der Waals surface area contributed by atoms with Crippen molar-refractivity contribution >= 4 is 28.9 Å². The predicted molar refractivity (Wildman–Crippen MR) is 86.1 cm³/mol. The minimum Gasteiger partial charge on any atom is -0.302 e. The quantitative estimate of drug-likeness (QED) is 0.632. The lowest BCUT2D eigenvalue weighted by Crippen LogP contribution is -2.28. The monoisotopic (exact) mass is 329 g/mol. The van der Waals surface area contributed by atoms with E-state index in [9.17, 15) is 14.9 Å². The Hall–Kier alpha value is -2.91. The van der Waals surface area contributed by atoms with Crippen LogP contribution in [0.1, 0.15) is 18.1 Å². The number of nitriles is 1. The van der Waals surface area contributed by atoms with Crippen molar-refractivity contribution in [3.63, 3.8) is 0 Å². The SMILES string of the molecule is CC(=O)N(Cc1ccccc1Cl)c1cc(C#N)ccc1[N+](=O)[O-]. The van der Waals surface area contributed by atoms with Gasteiger partial charge in [-0.3, -0.25) is 14.9 Å². The fraction of sp³-hybridized carbons (Fsp3) is 0.125. The van der Waals surface area contributed by atoms with Gasteiger partial charge in [0.1, 0.15) is 5.69 Å². The van der Waals surface area contributed by atoms with E-state index >= 15 is 0 Å². The molecule has 2 rings (SSSR count). The highest BCUT2D eigenvalue weighted by atomic mass is 35.5. The van der Waals surface area contributed by atoms with Gasteiger partial charge in [-0.2, -0.15) is 5.26 Å². The third kappa shape index (κ3) is 3.65. The second kappa shape index (κ2) is 6.90. The van der Waals surface area contributed by atoms with Crippen LogP contribution in [0.5, 0.6) is 0 Å². The first kappa shape index (κ1) is 16.5. The zero-order valence-electron chi connectivity index (χ0n) is 12.2. The second-order valence-electron chi connectivity index (χ2n) is 4.77. The number of hydrogen-bond donors (Lipinski definition) is 0. The van der Waals surface area contributed by atoms with Gasteiger partial charge in [-0.05, 0) is 23.8 Å². The van der Waals surface area contributed by atoms with Crippen molar-refractivity contribution in [3.05, 3.63) is 68.7 Å². The van der Waals surface area contributed by atoms with E-state index in [1.165, 1.54) is 30.0 Å². The molecule has 1 amide bonds. The standard InChI is InChI=1S/C16H12ClN3O3/c1-11(21)19(10-13-4-2-3-5-14(13)17)16-8-12(9-18)6-7-15(16)20(22)23/h2-8H,10H2,1H3. The summed E-state index contributed by atoms with van der Waals surface area (Å²) in [5, 5.41) is 20.7. The highest BCUT2D eigenvalue weighted by molar-refractivity contribution is 6.31. The summed E-state index contributed by atoms with van der Waals surface area (Å²) in [6.45, 7) is 1.38. The first-order valence-electron chi connectivity index (χ1n) is 6.64. The molecule has 0 fully saturated rings.